The average molecular weight is 442 g/mol. The molecule has 1 aliphatic heterocycles. The molecule has 2 heterocycles. The van der Waals surface area contributed by atoms with Gasteiger partial charge < -0.3 is 4.90 Å². The number of pyridine rings is 1. The van der Waals surface area contributed by atoms with Crippen LogP contribution >= 0.6 is 0 Å². The standard InChI is InChI=1S/C28H31N3O2/c1-21(2)15-16-30-17-19-31(20-18-30)28(33)24-9-7-23(8-10-24)27(32)14-13-25-12-11-22-5-3-4-6-26(22)29-25/h3-14,21H,15-20H2,1-2H3/b14-13+. The fraction of sp³-hybridized carbons (Fsp3) is 0.321. The Morgan fingerprint density at radius 2 is 1.61 bits per heavy atom. The third-order valence-corrected chi connectivity index (χ3v) is 6.12. The van der Waals surface area contributed by atoms with Crippen LogP contribution in [-0.2, 0) is 0 Å². The first-order valence-corrected chi connectivity index (χ1v) is 11.7. The van der Waals surface area contributed by atoms with Gasteiger partial charge in [-0.3, -0.25) is 14.5 Å². The fourth-order valence-corrected chi connectivity index (χ4v) is 4.01. The topological polar surface area (TPSA) is 53.5 Å². The Labute approximate surface area is 195 Å². The van der Waals surface area contributed by atoms with Crippen molar-refractivity contribution >= 4 is 28.7 Å². The van der Waals surface area contributed by atoms with Gasteiger partial charge in [0.1, 0.15) is 0 Å². The summed E-state index contributed by atoms with van der Waals surface area (Å²) in [6.07, 6.45) is 4.45. The number of benzene rings is 2. The number of para-hydroxylation sites is 1. The minimum atomic E-state index is -0.109. The Kier molecular flexibility index (Phi) is 7.30. The zero-order valence-electron chi connectivity index (χ0n) is 19.4. The second-order valence-corrected chi connectivity index (χ2v) is 9.02. The number of hydrogen-bond donors (Lipinski definition) is 0. The molecule has 0 bridgehead atoms. The van der Waals surface area contributed by atoms with Crippen molar-refractivity contribution in [3.8, 4) is 0 Å². The van der Waals surface area contributed by atoms with Crippen LogP contribution in [0.4, 0.5) is 0 Å². The molecule has 0 radical (unpaired) electrons. The molecule has 1 amide bonds. The van der Waals surface area contributed by atoms with Gasteiger partial charge in [0, 0.05) is 42.7 Å². The lowest BCUT2D eigenvalue weighted by molar-refractivity contribution is 0.0631. The third kappa shape index (κ3) is 5.93. The van der Waals surface area contributed by atoms with Gasteiger partial charge in [-0.2, -0.15) is 0 Å². The highest BCUT2D eigenvalue weighted by Crippen LogP contribution is 2.15. The number of fused-ring (bicyclic) bond motifs is 1. The van der Waals surface area contributed by atoms with E-state index >= 15 is 0 Å². The van der Waals surface area contributed by atoms with Gasteiger partial charge in [0.25, 0.3) is 5.91 Å². The predicted octanol–water partition coefficient (Wildman–Crippen LogP) is 4.93. The highest BCUT2D eigenvalue weighted by molar-refractivity contribution is 6.07. The summed E-state index contributed by atoms with van der Waals surface area (Å²) in [7, 11) is 0. The summed E-state index contributed by atoms with van der Waals surface area (Å²) in [6.45, 7) is 8.91. The molecule has 5 nitrogen and oxygen atoms in total. The molecular weight excluding hydrogens is 410 g/mol. The predicted molar refractivity (Wildman–Crippen MR) is 133 cm³/mol. The first-order chi connectivity index (χ1) is 16.0. The molecule has 1 fully saturated rings. The van der Waals surface area contributed by atoms with Gasteiger partial charge in [-0.25, -0.2) is 4.98 Å². The molecule has 33 heavy (non-hydrogen) atoms. The lowest BCUT2D eigenvalue weighted by Crippen LogP contribution is -2.49. The largest absolute Gasteiger partial charge is 0.336 e. The lowest BCUT2D eigenvalue weighted by atomic mass is 10.1. The number of carbonyl (C=O) groups is 2. The van der Waals surface area contributed by atoms with E-state index < -0.39 is 0 Å². The van der Waals surface area contributed by atoms with Crippen LogP contribution in [0.1, 0.15) is 46.7 Å². The van der Waals surface area contributed by atoms with E-state index in [1.807, 2.05) is 41.3 Å². The Bertz CT molecular complexity index is 1140. The molecule has 0 saturated carbocycles. The van der Waals surface area contributed by atoms with E-state index in [4.69, 9.17) is 0 Å². The second kappa shape index (κ2) is 10.5. The molecule has 5 heteroatoms. The van der Waals surface area contributed by atoms with Crippen LogP contribution in [0, 0.1) is 5.92 Å². The van der Waals surface area contributed by atoms with Gasteiger partial charge in [-0.15, -0.1) is 0 Å². The molecule has 3 aromatic rings. The van der Waals surface area contributed by atoms with Crippen LogP contribution in [-0.4, -0.2) is 59.2 Å². The van der Waals surface area contributed by atoms with Gasteiger partial charge in [0.05, 0.1) is 11.2 Å². The Morgan fingerprint density at radius 1 is 0.909 bits per heavy atom. The Balaban J connectivity index is 1.34. The normalized spacial score (nSPS) is 14.9. The van der Waals surface area contributed by atoms with E-state index in [2.05, 4.69) is 23.7 Å². The molecule has 170 valence electrons. The van der Waals surface area contributed by atoms with Gasteiger partial charge >= 0.3 is 0 Å². The van der Waals surface area contributed by atoms with Crippen molar-refractivity contribution in [3.05, 3.63) is 83.6 Å². The number of carbonyl (C=O) groups excluding carboxylic acids is 2. The van der Waals surface area contributed by atoms with E-state index in [1.165, 1.54) is 12.5 Å². The first kappa shape index (κ1) is 22.9. The van der Waals surface area contributed by atoms with Crippen molar-refractivity contribution in [2.24, 2.45) is 5.92 Å². The van der Waals surface area contributed by atoms with Crippen molar-refractivity contribution in [1.29, 1.82) is 0 Å². The summed E-state index contributed by atoms with van der Waals surface area (Å²) in [6, 6.07) is 18.7. The van der Waals surface area contributed by atoms with Crippen molar-refractivity contribution in [1.82, 2.24) is 14.8 Å². The molecule has 0 unspecified atom stereocenters. The van der Waals surface area contributed by atoms with Gasteiger partial charge in [0.15, 0.2) is 5.78 Å². The Morgan fingerprint density at radius 3 is 2.33 bits per heavy atom. The highest BCUT2D eigenvalue weighted by Gasteiger charge is 2.22. The number of nitrogens with zero attached hydrogens (tertiary/aromatic N) is 3. The number of aromatic nitrogens is 1. The monoisotopic (exact) mass is 441 g/mol. The number of piperazine rings is 1. The number of amides is 1. The number of rotatable bonds is 7. The summed E-state index contributed by atoms with van der Waals surface area (Å²) in [4.78, 5) is 34.4. The number of allylic oxidation sites excluding steroid dienone is 1. The molecular formula is C28H31N3O2. The van der Waals surface area contributed by atoms with E-state index in [0.717, 1.165) is 49.3 Å². The maximum atomic E-state index is 12.9. The average Bonchev–Trinajstić information content (AvgIpc) is 2.86. The molecule has 0 N–H and O–H groups in total. The highest BCUT2D eigenvalue weighted by atomic mass is 16.2. The lowest BCUT2D eigenvalue weighted by Gasteiger charge is -2.35. The minimum Gasteiger partial charge on any atom is -0.336 e. The second-order valence-electron chi connectivity index (χ2n) is 9.02. The van der Waals surface area contributed by atoms with Crippen LogP contribution in [0.3, 0.4) is 0 Å². The molecule has 1 aliphatic rings. The summed E-state index contributed by atoms with van der Waals surface area (Å²) in [5, 5.41) is 1.07. The van der Waals surface area contributed by atoms with Gasteiger partial charge in [0.2, 0.25) is 0 Å². The SMILES string of the molecule is CC(C)CCN1CCN(C(=O)c2ccc(C(=O)/C=C/c3ccc4ccccc4n3)cc2)CC1. The molecule has 4 rings (SSSR count). The summed E-state index contributed by atoms with van der Waals surface area (Å²) in [5.41, 5.74) is 2.82. The van der Waals surface area contributed by atoms with Crippen LogP contribution in [0.5, 0.6) is 0 Å². The van der Waals surface area contributed by atoms with Crippen molar-refractivity contribution < 1.29 is 9.59 Å². The van der Waals surface area contributed by atoms with Crippen LogP contribution in [0.15, 0.2) is 66.7 Å². The summed E-state index contributed by atoms with van der Waals surface area (Å²) < 4.78 is 0. The fourth-order valence-electron chi connectivity index (χ4n) is 4.01. The molecule has 1 saturated heterocycles. The van der Waals surface area contributed by atoms with Crippen molar-refractivity contribution in [2.45, 2.75) is 20.3 Å². The third-order valence-electron chi connectivity index (χ3n) is 6.12. The summed E-state index contributed by atoms with van der Waals surface area (Å²) in [5.74, 6) is 0.626. The van der Waals surface area contributed by atoms with E-state index in [1.54, 1.807) is 30.3 Å². The molecule has 2 aromatic carbocycles. The Hall–Kier alpha value is -3.31. The molecule has 1 aromatic heterocycles. The zero-order chi connectivity index (χ0) is 23.2. The molecule has 0 spiro atoms. The number of ketones is 1. The smallest absolute Gasteiger partial charge is 0.253 e. The first-order valence-electron chi connectivity index (χ1n) is 11.7. The van der Waals surface area contributed by atoms with E-state index in [-0.39, 0.29) is 11.7 Å². The van der Waals surface area contributed by atoms with Crippen LogP contribution in [0.2, 0.25) is 0 Å². The number of hydrogen-bond acceptors (Lipinski definition) is 4. The summed E-state index contributed by atoms with van der Waals surface area (Å²) >= 11 is 0. The van der Waals surface area contributed by atoms with E-state index in [0.29, 0.717) is 17.0 Å². The molecule has 0 aliphatic carbocycles. The minimum absolute atomic E-state index is 0.0356. The van der Waals surface area contributed by atoms with E-state index in [9.17, 15) is 9.59 Å². The maximum absolute atomic E-state index is 12.9. The molecule has 0 atom stereocenters. The maximum Gasteiger partial charge on any atom is 0.253 e. The van der Waals surface area contributed by atoms with Crippen LogP contribution < -0.4 is 0 Å². The van der Waals surface area contributed by atoms with Crippen LogP contribution in [0.25, 0.3) is 17.0 Å². The van der Waals surface area contributed by atoms with Crippen molar-refractivity contribution in [2.75, 3.05) is 32.7 Å². The van der Waals surface area contributed by atoms with Gasteiger partial charge in [-0.1, -0.05) is 50.2 Å². The zero-order valence-corrected chi connectivity index (χ0v) is 19.4. The quantitative estimate of drug-likeness (QED) is 0.385. The van der Waals surface area contributed by atoms with Crippen molar-refractivity contribution in [3.63, 3.8) is 0 Å². The van der Waals surface area contributed by atoms with Gasteiger partial charge in [-0.05, 0) is 55.3 Å².